The Hall–Kier alpha value is -2.73. The van der Waals surface area contributed by atoms with Crippen molar-refractivity contribution in [2.75, 3.05) is 32.9 Å². The van der Waals surface area contributed by atoms with Crippen LogP contribution in [0.5, 0.6) is 17.2 Å². The van der Waals surface area contributed by atoms with Gasteiger partial charge in [-0.1, -0.05) is 24.3 Å². The molecule has 2 heterocycles. The molecule has 2 aromatic rings. The number of nitrogens with zero attached hydrogens (tertiary/aromatic N) is 1. The lowest BCUT2D eigenvalue weighted by atomic mass is 10.1. The maximum atomic E-state index is 12.6. The van der Waals surface area contributed by atoms with E-state index in [4.69, 9.17) is 14.2 Å². The minimum Gasteiger partial charge on any atom is -0.492 e. The summed E-state index contributed by atoms with van der Waals surface area (Å²) in [6.45, 7) is 5.66. The average Bonchev–Trinajstić information content (AvgIpc) is 3.04. The minimum atomic E-state index is -0.111. The first-order valence-electron chi connectivity index (χ1n) is 9.81. The Balaban J connectivity index is 1.36. The van der Waals surface area contributed by atoms with E-state index in [1.165, 1.54) is 0 Å². The number of carbonyl (C=O) groups excluding carboxylic acids is 1. The quantitative estimate of drug-likeness (QED) is 0.881. The van der Waals surface area contributed by atoms with Crippen molar-refractivity contribution in [1.82, 2.24) is 10.2 Å². The van der Waals surface area contributed by atoms with Crippen LogP contribution >= 0.6 is 0 Å². The Bertz CT molecular complexity index is 839. The molecule has 2 aliphatic heterocycles. The summed E-state index contributed by atoms with van der Waals surface area (Å²) in [5.74, 6) is 2.42. The van der Waals surface area contributed by atoms with Gasteiger partial charge >= 0.3 is 0 Å². The lowest BCUT2D eigenvalue weighted by molar-refractivity contribution is -0.123. The van der Waals surface area contributed by atoms with Crippen molar-refractivity contribution in [3.63, 3.8) is 0 Å². The van der Waals surface area contributed by atoms with E-state index in [2.05, 4.69) is 10.2 Å². The normalized spacial score (nSPS) is 17.5. The van der Waals surface area contributed by atoms with Gasteiger partial charge in [-0.15, -0.1) is 0 Å². The first-order valence-corrected chi connectivity index (χ1v) is 9.81. The van der Waals surface area contributed by atoms with Gasteiger partial charge in [0.2, 0.25) is 5.91 Å². The second-order valence-electron chi connectivity index (χ2n) is 7.21. The molecular formula is C22H26N2O4. The second-order valence-corrected chi connectivity index (χ2v) is 7.21. The van der Waals surface area contributed by atoms with Crippen LogP contribution in [-0.2, 0) is 11.3 Å². The number of fused-ring (bicyclic) bond motifs is 2. The highest BCUT2D eigenvalue weighted by molar-refractivity contribution is 5.78. The molecule has 0 saturated carbocycles. The molecule has 1 N–H and O–H groups in total. The third-order valence-corrected chi connectivity index (χ3v) is 5.05. The Kier molecular flexibility index (Phi) is 5.67. The number of benzene rings is 2. The molecule has 148 valence electrons. The summed E-state index contributed by atoms with van der Waals surface area (Å²) in [6, 6.07) is 13.7. The van der Waals surface area contributed by atoms with Crippen LogP contribution in [0.2, 0.25) is 0 Å². The summed E-state index contributed by atoms with van der Waals surface area (Å²) in [5.41, 5.74) is 2.12. The Morgan fingerprint density at radius 3 is 2.71 bits per heavy atom. The lowest BCUT2D eigenvalue weighted by Gasteiger charge is -2.21. The molecule has 4 rings (SSSR count). The highest BCUT2D eigenvalue weighted by Crippen LogP contribution is 2.32. The van der Waals surface area contributed by atoms with Crippen LogP contribution in [0.4, 0.5) is 0 Å². The van der Waals surface area contributed by atoms with Gasteiger partial charge in [0, 0.05) is 25.1 Å². The molecule has 0 fully saturated rings. The monoisotopic (exact) mass is 382 g/mol. The van der Waals surface area contributed by atoms with E-state index in [0.717, 1.165) is 41.3 Å². The Morgan fingerprint density at radius 2 is 1.82 bits per heavy atom. The van der Waals surface area contributed by atoms with Gasteiger partial charge in [0.05, 0.1) is 25.8 Å². The standard InChI is InChI=1S/C22H26N2O4/c1-16(17-7-8-20-21(13-17)27-11-4-10-26-20)23-22(25)15-24-9-12-28-19-6-3-2-5-18(19)14-24/h2-3,5-8,13,16H,4,9-12,14-15H2,1H3,(H,23,25). The number of hydrogen-bond donors (Lipinski definition) is 1. The van der Waals surface area contributed by atoms with Gasteiger partial charge in [0.25, 0.3) is 0 Å². The van der Waals surface area contributed by atoms with Gasteiger partial charge in [-0.3, -0.25) is 9.69 Å². The second kappa shape index (κ2) is 8.52. The molecule has 6 nitrogen and oxygen atoms in total. The zero-order valence-electron chi connectivity index (χ0n) is 16.1. The third kappa shape index (κ3) is 4.39. The first kappa shape index (κ1) is 18.6. The first-order chi connectivity index (χ1) is 13.7. The Morgan fingerprint density at radius 1 is 1.04 bits per heavy atom. The molecule has 0 aromatic heterocycles. The van der Waals surface area contributed by atoms with Crippen LogP contribution in [0.3, 0.4) is 0 Å². The highest BCUT2D eigenvalue weighted by atomic mass is 16.5. The Labute approximate surface area is 165 Å². The van der Waals surface area contributed by atoms with Crippen molar-refractivity contribution in [3.05, 3.63) is 53.6 Å². The fraction of sp³-hybridized carbons (Fsp3) is 0.409. The summed E-state index contributed by atoms with van der Waals surface area (Å²) in [4.78, 5) is 14.7. The topological polar surface area (TPSA) is 60.0 Å². The zero-order chi connectivity index (χ0) is 19.3. The van der Waals surface area contributed by atoms with Crippen LogP contribution in [0.15, 0.2) is 42.5 Å². The zero-order valence-corrected chi connectivity index (χ0v) is 16.1. The fourth-order valence-electron chi connectivity index (χ4n) is 3.54. The van der Waals surface area contributed by atoms with Gasteiger partial charge in [-0.25, -0.2) is 0 Å². The van der Waals surface area contributed by atoms with Crippen molar-refractivity contribution in [2.24, 2.45) is 0 Å². The van der Waals surface area contributed by atoms with Crippen molar-refractivity contribution >= 4 is 5.91 Å². The van der Waals surface area contributed by atoms with E-state index in [-0.39, 0.29) is 11.9 Å². The van der Waals surface area contributed by atoms with E-state index in [0.29, 0.717) is 32.9 Å². The summed E-state index contributed by atoms with van der Waals surface area (Å²) in [7, 11) is 0. The third-order valence-electron chi connectivity index (χ3n) is 5.05. The van der Waals surface area contributed by atoms with E-state index in [1.807, 2.05) is 49.4 Å². The molecule has 1 atom stereocenters. The fourth-order valence-corrected chi connectivity index (χ4v) is 3.54. The van der Waals surface area contributed by atoms with E-state index < -0.39 is 0 Å². The summed E-state index contributed by atoms with van der Waals surface area (Å²) < 4.78 is 17.2. The molecule has 0 bridgehead atoms. The molecule has 2 aromatic carbocycles. The van der Waals surface area contributed by atoms with Crippen LogP contribution in [-0.4, -0.2) is 43.7 Å². The lowest BCUT2D eigenvalue weighted by Crippen LogP contribution is -2.38. The van der Waals surface area contributed by atoms with Gasteiger partial charge in [0.1, 0.15) is 12.4 Å². The molecule has 0 saturated heterocycles. The van der Waals surface area contributed by atoms with Gasteiger partial charge < -0.3 is 19.5 Å². The van der Waals surface area contributed by atoms with Gasteiger partial charge in [0.15, 0.2) is 11.5 Å². The number of para-hydroxylation sites is 1. The molecule has 28 heavy (non-hydrogen) atoms. The van der Waals surface area contributed by atoms with Crippen molar-refractivity contribution in [1.29, 1.82) is 0 Å². The maximum Gasteiger partial charge on any atom is 0.234 e. The minimum absolute atomic E-state index is 0.000933. The number of amides is 1. The van der Waals surface area contributed by atoms with Crippen molar-refractivity contribution in [3.8, 4) is 17.2 Å². The summed E-state index contributed by atoms with van der Waals surface area (Å²) in [5, 5.41) is 3.09. The smallest absolute Gasteiger partial charge is 0.234 e. The van der Waals surface area contributed by atoms with E-state index in [9.17, 15) is 4.79 Å². The van der Waals surface area contributed by atoms with Crippen LogP contribution in [0, 0.1) is 0 Å². The van der Waals surface area contributed by atoms with Crippen molar-refractivity contribution < 1.29 is 19.0 Å². The molecule has 6 heteroatoms. The molecule has 0 spiro atoms. The van der Waals surface area contributed by atoms with E-state index >= 15 is 0 Å². The summed E-state index contributed by atoms with van der Waals surface area (Å²) >= 11 is 0. The highest BCUT2D eigenvalue weighted by Gasteiger charge is 2.19. The molecule has 2 aliphatic rings. The number of carbonyl (C=O) groups is 1. The molecule has 1 unspecified atom stereocenters. The van der Waals surface area contributed by atoms with Crippen LogP contribution < -0.4 is 19.5 Å². The average molecular weight is 382 g/mol. The van der Waals surface area contributed by atoms with Crippen molar-refractivity contribution in [2.45, 2.75) is 25.9 Å². The number of nitrogens with one attached hydrogen (secondary N) is 1. The number of hydrogen-bond acceptors (Lipinski definition) is 5. The van der Waals surface area contributed by atoms with Gasteiger partial charge in [-0.05, 0) is 30.7 Å². The SMILES string of the molecule is CC(NC(=O)CN1CCOc2ccccc2C1)c1ccc2c(c1)OCCCO2. The van der Waals surface area contributed by atoms with Crippen LogP contribution in [0.25, 0.3) is 0 Å². The summed E-state index contributed by atoms with van der Waals surface area (Å²) in [6.07, 6.45) is 0.874. The molecular weight excluding hydrogens is 356 g/mol. The molecule has 1 amide bonds. The predicted octanol–water partition coefficient (Wildman–Crippen LogP) is 2.92. The predicted molar refractivity (Wildman–Crippen MR) is 106 cm³/mol. The maximum absolute atomic E-state index is 12.6. The van der Waals surface area contributed by atoms with Crippen LogP contribution in [0.1, 0.15) is 30.5 Å². The number of ether oxygens (including phenoxy) is 3. The molecule has 0 radical (unpaired) electrons. The van der Waals surface area contributed by atoms with E-state index in [1.54, 1.807) is 0 Å². The molecule has 0 aliphatic carbocycles. The van der Waals surface area contributed by atoms with Gasteiger partial charge in [-0.2, -0.15) is 0 Å². The number of rotatable bonds is 4. The largest absolute Gasteiger partial charge is 0.492 e.